The minimum atomic E-state index is -0.0827. The fourth-order valence-electron chi connectivity index (χ4n) is 3.59. The molecule has 148 valence electrons. The molecule has 2 amide bonds. The number of ether oxygens (including phenoxy) is 2. The maximum Gasteiger partial charge on any atom is 0.321 e. The Morgan fingerprint density at radius 2 is 2.00 bits per heavy atom. The van der Waals surface area contributed by atoms with Crippen molar-refractivity contribution in [1.82, 2.24) is 15.1 Å². The van der Waals surface area contributed by atoms with Gasteiger partial charge in [0.2, 0.25) is 0 Å². The Morgan fingerprint density at radius 3 is 2.90 bits per heavy atom. The molecule has 0 unspecified atom stereocenters. The molecule has 2 aromatic carbocycles. The second kappa shape index (κ2) is 7.05. The summed E-state index contributed by atoms with van der Waals surface area (Å²) in [6.45, 7) is 2.33. The predicted molar refractivity (Wildman–Crippen MR) is 109 cm³/mol. The van der Waals surface area contributed by atoms with Crippen LogP contribution in [0, 0.1) is 0 Å². The third-order valence-corrected chi connectivity index (χ3v) is 5.13. The normalized spacial score (nSPS) is 14.9. The SMILES string of the molecule is CN1Cc2cc(NCc3cn[nH]c3-c3ccc4c(c3)OCCO4)ccc2NC1=O. The monoisotopic (exact) mass is 391 g/mol. The molecular formula is C21H21N5O3. The predicted octanol–water partition coefficient (Wildman–Crippen LogP) is 3.44. The lowest BCUT2D eigenvalue weighted by Crippen LogP contribution is -2.35. The van der Waals surface area contributed by atoms with Gasteiger partial charge in [-0.25, -0.2) is 4.79 Å². The summed E-state index contributed by atoms with van der Waals surface area (Å²) in [5, 5.41) is 13.6. The lowest BCUT2D eigenvalue weighted by molar-refractivity contribution is 0.171. The molecule has 0 spiro atoms. The van der Waals surface area contributed by atoms with Gasteiger partial charge in [0, 0.05) is 42.6 Å². The van der Waals surface area contributed by atoms with E-state index < -0.39 is 0 Å². The van der Waals surface area contributed by atoms with Crippen LogP contribution in [-0.2, 0) is 13.1 Å². The Morgan fingerprint density at radius 1 is 1.14 bits per heavy atom. The second-order valence-electron chi connectivity index (χ2n) is 7.14. The largest absolute Gasteiger partial charge is 0.486 e. The third-order valence-electron chi connectivity index (χ3n) is 5.13. The summed E-state index contributed by atoms with van der Waals surface area (Å²) in [5.74, 6) is 1.52. The Balaban J connectivity index is 1.34. The van der Waals surface area contributed by atoms with Crippen molar-refractivity contribution in [2.24, 2.45) is 0 Å². The Hall–Kier alpha value is -3.68. The van der Waals surface area contributed by atoms with Gasteiger partial charge in [0.05, 0.1) is 11.9 Å². The van der Waals surface area contributed by atoms with E-state index in [1.807, 2.05) is 36.5 Å². The maximum absolute atomic E-state index is 11.8. The van der Waals surface area contributed by atoms with Gasteiger partial charge in [0.25, 0.3) is 0 Å². The number of hydrogen-bond donors (Lipinski definition) is 3. The van der Waals surface area contributed by atoms with Gasteiger partial charge in [0.15, 0.2) is 11.5 Å². The van der Waals surface area contributed by atoms with Crippen LogP contribution < -0.4 is 20.1 Å². The Bertz CT molecular complexity index is 1080. The lowest BCUT2D eigenvalue weighted by atomic mass is 10.1. The first kappa shape index (κ1) is 17.4. The van der Waals surface area contributed by atoms with Crippen LogP contribution in [0.15, 0.2) is 42.6 Å². The van der Waals surface area contributed by atoms with Gasteiger partial charge in [-0.15, -0.1) is 0 Å². The molecule has 0 bridgehead atoms. The van der Waals surface area contributed by atoms with Gasteiger partial charge in [-0.05, 0) is 42.0 Å². The number of carbonyl (C=O) groups excluding carboxylic acids is 1. The Kier molecular flexibility index (Phi) is 4.23. The molecule has 0 aliphatic carbocycles. The summed E-state index contributed by atoms with van der Waals surface area (Å²) < 4.78 is 11.3. The number of nitrogens with one attached hydrogen (secondary N) is 3. The van der Waals surface area contributed by atoms with Gasteiger partial charge >= 0.3 is 6.03 Å². The number of rotatable bonds is 4. The summed E-state index contributed by atoms with van der Waals surface area (Å²) in [7, 11) is 1.78. The Labute approximate surface area is 167 Å². The molecule has 8 nitrogen and oxygen atoms in total. The van der Waals surface area contributed by atoms with Gasteiger partial charge in [-0.2, -0.15) is 5.10 Å². The van der Waals surface area contributed by atoms with Gasteiger partial charge in [-0.1, -0.05) is 0 Å². The minimum Gasteiger partial charge on any atom is -0.486 e. The van der Waals surface area contributed by atoms with Crippen LogP contribution >= 0.6 is 0 Å². The van der Waals surface area contributed by atoms with E-state index in [1.165, 1.54) is 0 Å². The van der Waals surface area contributed by atoms with Gasteiger partial charge in [-0.3, -0.25) is 5.10 Å². The molecule has 2 aliphatic heterocycles. The fourth-order valence-corrected chi connectivity index (χ4v) is 3.59. The molecule has 0 atom stereocenters. The molecule has 3 aromatic rings. The van der Waals surface area contributed by atoms with E-state index in [0.717, 1.165) is 45.3 Å². The summed E-state index contributed by atoms with van der Waals surface area (Å²) in [6.07, 6.45) is 1.82. The highest BCUT2D eigenvalue weighted by Gasteiger charge is 2.19. The molecular weight excluding hydrogens is 370 g/mol. The second-order valence-corrected chi connectivity index (χ2v) is 7.14. The van der Waals surface area contributed by atoms with Crippen molar-refractivity contribution < 1.29 is 14.3 Å². The summed E-state index contributed by atoms with van der Waals surface area (Å²) in [6, 6.07) is 11.8. The molecule has 0 saturated heterocycles. The van der Waals surface area contributed by atoms with Crippen LogP contribution in [0.4, 0.5) is 16.2 Å². The topological polar surface area (TPSA) is 91.5 Å². The molecule has 0 radical (unpaired) electrons. The highest BCUT2D eigenvalue weighted by atomic mass is 16.6. The van der Waals surface area contributed by atoms with Crippen molar-refractivity contribution in [2.75, 3.05) is 30.9 Å². The van der Waals surface area contributed by atoms with Crippen molar-refractivity contribution in [3.05, 3.63) is 53.7 Å². The van der Waals surface area contributed by atoms with Crippen LogP contribution in [0.5, 0.6) is 11.5 Å². The number of H-pyrrole nitrogens is 1. The zero-order chi connectivity index (χ0) is 19.8. The molecule has 0 saturated carbocycles. The van der Waals surface area contributed by atoms with Crippen LogP contribution in [-0.4, -0.2) is 41.4 Å². The summed E-state index contributed by atoms with van der Waals surface area (Å²) in [5.41, 5.74) is 5.92. The molecule has 2 aliphatic rings. The maximum atomic E-state index is 11.8. The smallest absolute Gasteiger partial charge is 0.321 e. The first-order chi connectivity index (χ1) is 14.2. The van der Waals surface area contributed by atoms with E-state index >= 15 is 0 Å². The van der Waals surface area contributed by atoms with E-state index in [4.69, 9.17) is 9.47 Å². The van der Waals surface area contributed by atoms with Crippen molar-refractivity contribution in [1.29, 1.82) is 0 Å². The average Bonchev–Trinajstić information content (AvgIpc) is 3.21. The number of nitrogens with zero attached hydrogens (tertiary/aromatic N) is 2. The number of hydrogen-bond acceptors (Lipinski definition) is 5. The van der Waals surface area contributed by atoms with Crippen molar-refractivity contribution in [3.8, 4) is 22.8 Å². The van der Waals surface area contributed by atoms with E-state index in [1.54, 1.807) is 11.9 Å². The standard InChI is InChI=1S/C21H21N5O3/c1-26-12-14-8-16(3-4-17(14)24-21(26)27)22-10-15-11-23-25-20(15)13-2-5-18-19(9-13)29-7-6-28-18/h2-5,8-9,11,22H,6-7,10,12H2,1H3,(H,23,25)(H,24,27). The molecule has 0 fully saturated rings. The molecule has 3 N–H and O–H groups in total. The van der Waals surface area contributed by atoms with Crippen LogP contribution in [0.3, 0.4) is 0 Å². The minimum absolute atomic E-state index is 0.0827. The lowest BCUT2D eigenvalue weighted by Gasteiger charge is -2.26. The average molecular weight is 391 g/mol. The van der Waals surface area contributed by atoms with Crippen molar-refractivity contribution >= 4 is 17.4 Å². The molecule has 1 aromatic heterocycles. The molecule has 8 heteroatoms. The van der Waals surface area contributed by atoms with Gasteiger partial charge in [0.1, 0.15) is 13.2 Å². The van der Waals surface area contributed by atoms with Crippen LogP contribution in [0.1, 0.15) is 11.1 Å². The summed E-state index contributed by atoms with van der Waals surface area (Å²) in [4.78, 5) is 13.4. The van der Waals surface area contributed by atoms with E-state index in [9.17, 15) is 4.79 Å². The van der Waals surface area contributed by atoms with E-state index in [2.05, 4.69) is 26.9 Å². The first-order valence-corrected chi connectivity index (χ1v) is 9.48. The quantitative estimate of drug-likeness (QED) is 0.634. The molecule has 29 heavy (non-hydrogen) atoms. The number of anilines is 2. The van der Waals surface area contributed by atoms with Crippen molar-refractivity contribution in [2.45, 2.75) is 13.1 Å². The zero-order valence-electron chi connectivity index (χ0n) is 16.0. The number of benzene rings is 2. The number of aromatic amines is 1. The van der Waals surface area contributed by atoms with E-state index in [0.29, 0.717) is 26.3 Å². The number of carbonyl (C=O) groups is 1. The number of urea groups is 1. The fraction of sp³-hybridized carbons (Fsp3) is 0.238. The van der Waals surface area contributed by atoms with E-state index in [-0.39, 0.29) is 6.03 Å². The third kappa shape index (κ3) is 3.33. The number of fused-ring (bicyclic) bond motifs is 2. The summed E-state index contributed by atoms with van der Waals surface area (Å²) >= 11 is 0. The molecule has 3 heterocycles. The molecule has 5 rings (SSSR count). The number of aromatic nitrogens is 2. The first-order valence-electron chi connectivity index (χ1n) is 9.48. The highest BCUT2D eigenvalue weighted by molar-refractivity contribution is 5.92. The zero-order valence-corrected chi connectivity index (χ0v) is 16.0. The van der Waals surface area contributed by atoms with Crippen molar-refractivity contribution in [3.63, 3.8) is 0 Å². The number of amides is 2. The highest BCUT2D eigenvalue weighted by Crippen LogP contribution is 2.35. The van der Waals surface area contributed by atoms with Crippen LogP contribution in [0.2, 0.25) is 0 Å². The van der Waals surface area contributed by atoms with Gasteiger partial charge < -0.3 is 25.0 Å². The van der Waals surface area contributed by atoms with Crippen LogP contribution in [0.25, 0.3) is 11.3 Å².